The van der Waals surface area contributed by atoms with Crippen molar-refractivity contribution in [1.82, 2.24) is 0 Å². The summed E-state index contributed by atoms with van der Waals surface area (Å²) in [4.78, 5) is 11.5. The van der Waals surface area contributed by atoms with Gasteiger partial charge in [-0.25, -0.2) is 12.8 Å². The Balaban J connectivity index is 2.65. The third-order valence-corrected chi connectivity index (χ3v) is 4.30. The fourth-order valence-electron chi connectivity index (χ4n) is 2.00. The highest BCUT2D eigenvalue weighted by molar-refractivity contribution is 7.90. The van der Waals surface area contributed by atoms with E-state index in [9.17, 15) is 30.8 Å². The first kappa shape index (κ1) is 17.9. The molecule has 9 heteroatoms. The van der Waals surface area contributed by atoms with Crippen molar-refractivity contribution in [3.05, 3.63) is 58.9 Å². The predicted octanol–water partition coefficient (Wildman–Crippen LogP) is 3.18. The molecule has 0 aliphatic heterocycles. The van der Waals surface area contributed by atoms with Gasteiger partial charge in [-0.1, -0.05) is 0 Å². The highest BCUT2D eigenvalue weighted by Gasteiger charge is 2.33. The number of benzene rings is 2. The average Bonchev–Trinajstić information content (AvgIpc) is 2.47. The molecule has 24 heavy (non-hydrogen) atoms. The van der Waals surface area contributed by atoms with Crippen molar-refractivity contribution in [1.29, 1.82) is 0 Å². The number of hydrogen-bond donors (Lipinski definition) is 1. The van der Waals surface area contributed by atoms with Crippen molar-refractivity contribution in [2.75, 3.05) is 6.26 Å². The molecule has 0 spiro atoms. The van der Waals surface area contributed by atoms with Crippen LogP contribution >= 0.6 is 0 Å². The number of aromatic hydroxyl groups is 1. The second-order valence-corrected chi connectivity index (χ2v) is 6.96. The Hall–Kier alpha value is -2.42. The maximum atomic E-state index is 13.3. The maximum Gasteiger partial charge on any atom is 0.416 e. The largest absolute Gasteiger partial charge is 0.505 e. The van der Waals surface area contributed by atoms with Crippen molar-refractivity contribution in [3.8, 4) is 5.75 Å². The molecule has 0 saturated carbocycles. The smallest absolute Gasteiger partial charge is 0.416 e. The summed E-state index contributed by atoms with van der Waals surface area (Å²) in [5.41, 5.74) is -2.05. The van der Waals surface area contributed by atoms with Crippen LogP contribution in [-0.2, 0) is 16.0 Å². The van der Waals surface area contributed by atoms with E-state index in [-0.39, 0.29) is 5.56 Å². The van der Waals surface area contributed by atoms with Crippen molar-refractivity contribution >= 4 is 15.6 Å². The first-order valence-electron chi connectivity index (χ1n) is 6.36. The van der Waals surface area contributed by atoms with Gasteiger partial charge in [0.2, 0.25) is 0 Å². The van der Waals surface area contributed by atoms with Crippen LogP contribution in [0.4, 0.5) is 17.6 Å². The first-order valence-corrected chi connectivity index (χ1v) is 8.25. The third kappa shape index (κ3) is 3.56. The van der Waals surface area contributed by atoms with Gasteiger partial charge in [0.05, 0.1) is 10.5 Å². The fourth-order valence-corrected chi connectivity index (χ4v) is 2.90. The minimum Gasteiger partial charge on any atom is -0.505 e. The van der Waals surface area contributed by atoms with E-state index in [0.717, 1.165) is 18.2 Å². The highest BCUT2D eigenvalue weighted by Crippen LogP contribution is 2.32. The quantitative estimate of drug-likeness (QED) is 0.672. The molecule has 0 aromatic heterocycles. The Labute approximate surface area is 134 Å². The lowest BCUT2D eigenvalue weighted by atomic mass is 10.0. The van der Waals surface area contributed by atoms with E-state index in [4.69, 9.17) is 5.11 Å². The first-order chi connectivity index (χ1) is 10.9. The van der Waals surface area contributed by atoms with Gasteiger partial charge in [-0.15, -0.1) is 0 Å². The molecule has 0 saturated heterocycles. The summed E-state index contributed by atoms with van der Waals surface area (Å²) in [5.74, 6) is -2.82. The normalized spacial score (nSPS) is 12.2. The summed E-state index contributed by atoms with van der Waals surface area (Å²) < 4.78 is 75.1. The molecule has 2 aromatic rings. The number of alkyl halides is 3. The molecule has 4 nitrogen and oxygen atoms in total. The molecular weight excluding hydrogens is 352 g/mol. The molecule has 0 bridgehead atoms. The molecule has 2 aromatic carbocycles. The monoisotopic (exact) mass is 362 g/mol. The van der Waals surface area contributed by atoms with Crippen LogP contribution in [-0.4, -0.2) is 25.6 Å². The van der Waals surface area contributed by atoms with E-state index in [0.29, 0.717) is 24.5 Å². The van der Waals surface area contributed by atoms with Crippen molar-refractivity contribution in [2.45, 2.75) is 11.1 Å². The number of phenolic OH excluding ortho intramolecular Hbond substituents is 1. The Bertz CT molecular complexity index is 918. The molecule has 1 N–H and O–H groups in total. The Morgan fingerprint density at radius 3 is 2.21 bits per heavy atom. The summed E-state index contributed by atoms with van der Waals surface area (Å²) in [6, 6.07) is 4.24. The summed E-state index contributed by atoms with van der Waals surface area (Å²) in [5, 5.41) is 9.10. The number of phenols is 1. The number of hydrogen-bond acceptors (Lipinski definition) is 4. The molecule has 0 heterocycles. The zero-order valence-corrected chi connectivity index (χ0v) is 12.9. The Kier molecular flexibility index (Phi) is 4.40. The Morgan fingerprint density at radius 1 is 1.08 bits per heavy atom. The second kappa shape index (κ2) is 5.90. The van der Waals surface area contributed by atoms with Gasteiger partial charge in [-0.2, -0.15) is 13.2 Å². The lowest BCUT2D eigenvalue weighted by molar-refractivity contribution is -0.137. The molecule has 128 valence electrons. The van der Waals surface area contributed by atoms with E-state index in [2.05, 4.69) is 0 Å². The summed E-state index contributed by atoms with van der Waals surface area (Å²) in [6.07, 6.45) is -4.12. The third-order valence-electron chi connectivity index (χ3n) is 3.16. The zero-order chi connectivity index (χ0) is 18.3. The van der Waals surface area contributed by atoms with Gasteiger partial charge in [0, 0.05) is 17.4 Å². The van der Waals surface area contributed by atoms with Gasteiger partial charge in [0.1, 0.15) is 0 Å². The van der Waals surface area contributed by atoms with Crippen LogP contribution in [0.25, 0.3) is 0 Å². The fraction of sp³-hybridized carbons (Fsp3) is 0.133. The second-order valence-electron chi connectivity index (χ2n) is 4.98. The van der Waals surface area contributed by atoms with Crippen molar-refractivity contribution < 1.29 is 35.9 Å². The van der Waals surface area contributed by atoms with Gasteiger partial charge in [0.15, 0.2) is 27.2 Å². The minimum absolute atomic E-state index is 0.310. The van der Waals surface area contributed by atoms with E-state index >= 15 is 0 Å². The minimum atomic E-state index is -4.79. The van der Waals surface area contributed by atoms with E-state index < -0.39 is 49.4 Å². The summed E-state index contributed by atoms with van der Waals surface area (Å²) in [7, 11) is -4.15. The van der Waals surface area contributed by atoms with Crippen LogP contribution in [0.1, 0.15) is 21.5 Å². The SMILES string of the molecule is CS(=O)(=O)c1cc(C(F)(F)F)ccc1C(=O)c1ccc(O)c(F)c1. The molecule has 0 radical (unpaired) electrons. The van der Waals surface area contributed by atoms with Crippen LogP contribution in [0.3, 0.4) is 0 Å². The van der Waals surface area contributed by atoms with Crippen LogP contribution in [0.2, 0.25) is 0 Å². The maximum absolute atomic E-state index is 13.3. The van der Waals surface area contributed by atoms with E-state index in [1.807, 2.05) is 0 Å². The van der Waals surface area contributed by atoms with Crippen LogP contribution in [0.5, 0.6) is 5.75 Å². The van der Waals surface area contributed by atoms with Gasteiger partial charge in [-0.3, -0.25) is 4.79 Å². The van der Waals surface area contributed by atoms with E-state index in [1.165, 1.54) is 0 Å². The molecule has 0 atom stereocenters. The van der Waals surface area contributed by atoms with Gasteiger partial charge in [0.25, 0.3) is 0 Å². The number of sulfone groups is 1. The molecule has 2 rings (SSSR count). The van der Waals surface area contributed by atoms with Gasteiger partial charge >= 0.3 is 6.18 Å². The lowest BCUT2D eigenvalue weighted by Gasteiger charge is -2.12. The topological polar surface area (TPSA) is 71.4 Å². The number of ketones is 1. The van der Waals surface area contributed by atoms with Gasteiger partial charge in [-0.05, 0) is 36.4 Å². The van der Waals surface area contributed by atoms with Crippen LogP contribution in [0.15, 0.2) is 41.3 Å². The molecular formula is C15H10F4O4S. The zero-order valence-electron chi connectivity index (χ0n) is 12.1. The molecule has 0 aliphatic carbocycles. The highest BCUT2D eigenvalue weighted by atomic mass is 32.2. The van der Waals surface area contributed by atoms with E-state index in [1.54, 1.807) is 0 Å². The average molecular weight is 362 g/mol. The van der Waals surface area contributed by atoms with Crippen LogP contribution < -0.4 is 0 Å². The molecule has 0 fully saturated rings. The number of rotatable bonds is 3. The molecule has 0 aliphatic rings. The predicted molar refractivity (Wildman–Crippen MR) is 76.1 cm³/mol. The number of halogens is 4. The van der Waals surface area contributed by atoms with Crippen molar-refractivity contribution in [2.24, 2.45) is 0 Å². The van der Waals surface area contributed by atoms with Gasteiger partial charge < -0.3 is 5.11 Å². The number of carbonyl (C=O) groups excluding carboxylic acids is 1. The molecule has 0 amide bonds. The Morgan fingerprint density at radius 2 is 1.71 bits per heavy atom. The lowest BCUT2D eigenvalue weighted by Crippen LogP contribution is -2.13. The standard InChI is InChI=1S/C15H10F4O4S/c1-24(22,23)13-7-9(15(17,18)19)3-4-10(13)14(21)8-2-5-12(20)11(16)6-8/h2-7,20H,1H3. The molecule has 0 unspecified atom stereocenters. The number of carbonyl (C=O) groups is 1. The van der Waals surface area contributed by atoms with Crippen LogP contribution in [0, 0.1) is 5.82 Å². The summed E-state index contributed by atoms with van der Waals surface area (Å²) in [6.45, 7) is 0. The summed E-state index contributed by atoms with van der Waals surface area (Å²) >= 11 is 0. The van der Waals surface area contributed by atoms with Crippen molar-refractivity contribution in [3.63, 3.8) is 0 Å².